The average Bonchev–Trinajstić information content (AvgIpc) is 2.67. The second-order valence-corrected chi connectivity index (χ2v) is 6.91. The van der Waals surface area contributed by atoms with Crippen LogP contribution in [0.2, 0.25) is 0 Å². The predicted molar refractivity (Wildman–Crippen MR) is 108 cm³/mol. The number of alkyl halides is 6. The van der Waals surface area contributed by atoms with Crippen LogP contribution in [0.4, 0.5) is 32.0 Å². The Hall–Kier alpha value is -2.04. The van der Waals surface area contributed by atoms with E-state index in [1.807, 2.05) is 0 Å². The van der Waals surface area contributed by atoms with E-state index in [1.165, 1.54) is 19.3 Å². The zero-order valence-electron chi connectivity index (χ0n) is 16.8. The molecule has 0 radical (unpaired) electrons. The van der Waals surface area contributed by atoms with Crippen molar-refractivity contribution in [1.29, 1.82) is 0 Å². The van der Waals surface area contributed by atoms with Gasteiger partial charge in [0, 0.05) is 30.7 Å². The van der Waals surface area contributed by atoms with Crippen LogP contribution in [0, 0.1) is 0 Å². The molecule has 0 aliphatic rings. The van der Waals surface area contributed by atoms with Gasteiger partial charge < -0.3 is 15.7 Å². The molecule has 3 unspecified atom stereocenters. The molecular formula is C20H24ClF6N3O. The third-order valence-corrected chi connectivity index (χ3v) is 4.81. The van der Waals surface area contributed by atoms with Crippen molar-refractivity contribution < 1.29 is 31.4 Å². The van der Waals surface area contributed by atoms with Gasteiger partial charge in [-0.05, 0) is 42.2 Å². The molecule has 2 aromatic rings. The van der Waals surface area contributed by atoms with E-state index in [-0.39, 0.29) is 30.6 Å². The molecule has 0 fully saturated rings. The highest BCUT2D eigenvalue weighted by Gasteiger charge is 2.39. The normalized spacial score (nSPS) is 15.0. The number of aliphatic hydroxyl groups is 1. The number of hydrogen-bond acceptors (Lipinski definition) is 4. The van der Waals surface area contributed by atoms with Crippen LogP contribution in [0.3, 0.4) is 0 Å². The fourth-order valence-corrected chi connectivity index (χ4v) is 3.22. The van der Waals surface area contributed by atoms with E-state index in [9.17, 15) is 31.4 Å². The third-order valence-electron chi connectivity index (χ3n) is 4.81. The van der Waals surface area contributed by atoms with Gasteiger partial charge >= 0.3 is 12.4 Å². The number of nitrogens with one attached hydrogen (secondary N) is 2. The lowest BCUT2D eigenvalue weighted by molar-refractivity contribution is -0.143. The molecule has 4 nitrogen and oxygen atoms in total. The smallest absolute Gasteiger partial charge is 0.372 e. The van der Waals surface area contributed by atoms with Gasteiger partial charge in [-0.1, -0.05) is 19.9 Å². The van der Waals surface area contributed by atoms with E-state index in [1.54, 1.807) is 19.1 Å². The molecule has 2 rings (SSSR count). The fraction of sp³-hybridized carbons (Fsp3) is 0.450. The monoisotopic (exact) mass is 471 g/mol. The van der Waals surface area contributed by atoms with Crippen LogP contribution in [-0.2, 0) is 12.4 Å². The molecule has 1 aromatic heterocycles. The van der Waals surface area contributed by atoms with Crippen molar-refractivity contribution in [2.45, 2.75) is 50.8 Å². The molecule has 0 amide bonds. The number of aliphatic hydroxyl groups excluding tert-OH is 1. The van der Waals surface area contributed by atoms with E-state index in [2.05, 4.69) is 15.6 Å². The highest BCUT2D eigenvalue weighted by molar-refractivity contribution is 5.85. The van der Waals surface area contributed by atoms with Crippen molar-refractivity contribution >= 4 is 18.1 Å². The number of nitrogens with zero attached hydrogens (tertiary/aromatic N) is 1. The largest absolute Gasteiger partial charge is 0.416 e. The van der Waals surface area contributed by atoms with Gasteiger partial charge in [0.15, 0.2) is 0 Å². The number of halogens is 7. The summed E-state index contributed by atoms with van der Waals surface area (Å²) in [5, 5.41) is 15.9. The fourth-order valence-electron chi connectivity index (χ4n) is 3.22. The van der Waals surface area contributed by atoms with E-state index < -0.39 is 41.7 Å². The van der Waals surface area contributed by atoms with Crippen LogP contribution >= 0.6 is 12.4 Å². The topological polar surface area (TPSA) is 57.2 Å². The van der Waals surface area contributed by atoms with E-state index in [0.29, 0.717) is 18.2 Å². The molecule has 0 spiro atoms. The zero-order chi connectivity index (χ0) is 22.5. The summed E-state index contributed by atoms with van der Waals surface area (Å²) in [6.07, 6.45) is -7.35. The second-order valence-electron chi connectivity index (χ2n) is 6.91. The van der Waals surface area contributed by atoms with Crippen molar-refractivity contribution in [3.05, 3.63) is 59.4 Å². The van der Waals surface area contributed by atoms with Gasteiger partial charge in [0.1, 0.15) is 6.23 Å². The van der Waals surface area contributed by atoms with Crippen LogP contribution in [0.15, 0.2) is 42.7 Å². The van der Waals surface area contributed by atoms with Crippen molar-refractivity contribution in [3.63, 3.8) is 0 Å². The Balaban J connectivity index is 0.00000480. The van der Waals surface area contributed by atoms with E-state index in [4.69, 9.17) is 0 Å². The second kappa shape index (κ2) is 11.0. The third kappa shape index (κ3) is 7.55. The van der Waals surface area contributed by atoms with Crippen molar-refractivity contribution in [2.75, 3.05) is 11.9 Å². The standard InChI is InChI=1S/C20H23F6N3O.ClH/c1-3-17(28-11-18(30)29-14-6-8-27-9-7-14)12(2)15-5-4-13(19(21,22)23)10-16(15)20(24,25)26;/h4-10,12,17-18,28,30H,3,11H2,1-2H3,(H,27,29);1H. The van der Waals surface area contributed by atoms with E-state index in [0.717, 1.165) is 6.07 Å². The molecule has 0 bridgehead atoms. The molecule has 1 heterocycles. The molecule has 0 saturated heterocycles. The summed E-state index contributed by atoms with van der Waals surface area (Å²) < 4.78 is 79.0. The van der Waals surface area contributed by atoms with Crippen LogP contribution in [0.1, 0.15) is 42.9 Å². The van der Waals surface area contributed by atoms with Crippen LogP contribution in [0.5, 0.6) is 0 Å². The van der Waals surface area contributed by atoms with Crippen LogP contribution in [-0.4, -0.2) is 28.9 Å². The van der Waals surface area contributed by atoms with Crippen molar-refractivity contribution in [3.8, 4) is 0 Å². The Kier molecular flexibility index (Phi) is 9.59. The number of anilines is 1. The summed E-state index contributed by atoms with van der Waals surface area (Å²) in [7, 11) is 0. The first-order valence-electron chi connectivity index (χ1n) is 9.29. The van der Waals surface area contributed by atoms with Crippen molar-refractivity contribution in [2.24, 2.45) is 0 Å². The molecule has 0 aliphatic carbocycles. The molecule has 174 valence electrons. The van der Waals surface area contributed by atoms with Gasteiger partial charge in [-0.2, -0.15) is 26.3 Å². The number of rotatable bonds is 8. The number of hydrogen-bond donors (Lipinski definition) is 3. The number of pyridine rings is 1. The number of aromatic nitrogens is 1. The molecule has 3 N–H and O–H groups in total. The van der Waals surface area contributed by atoms with Gasteiger partial charge in [-0.3, -0.25) is 4.98 Å². The summed E-state index contributed by atoms with van der Waals surface area (Å²) in [5.74, 6) is -0.748. The Morgan fingerprint density at radius 2 is 1.61 bits per heavy atom. The first-order valence-corrected chi connectivity index (χ1v) is 9.29. The summed E-state index contributed by atoms with van der Waals surface area (Å²) in [6.45, 7) is 3.28. The average molecular weight is 472 g/mol. The highest BCUT2D eigenvalue weighted by atomic mass is 35.5. The first kappa shape index (κ1) is 27.0. The van der Waals surface area contributed by atoms with Crippen LogP contribution in [0.25, 0.3) is 0 Å². The SMILES string of the molecule is CCC(NCC(O)Nc1ccncc1)C(C)c1ccc(C(F)(F)F)cc1C(F)(F)F.Cl. The Labute approximate surface area is 182 Å². The maximum atomic E-state index is 13.5. The summed E-state index contributed by atoms with van der Waals surface area (Å²) >= 11 is 0. The summed E-state index contributed by atoms with van der Waals surface area (Å²) in [4.78, 5) is 3.85. The van der Waals surface area contributed by atoms with Gasteiger partial charge in [-0.25, -0.2) is 0 Å². The van der Waals surface area contributed by atoms with Crippen molar-refractivity contribution in [1.82, 2.24) is 10.3 Å². The van der Waals surface area contributed by atoms with E-state index >= 15 is 0 Å². The number of benzene rings is 1. The molecule has 0 saturated carbocycles. The first-order chi connectivity index (χ1) is 13.9. The molecule has 31 heavy (non-hydrogen) atoms. The Morgan fingerprint density at radius 3 is 2.13 bits per heavy atom. The van der Waals surface area contributed by atoms with Gasteiger partial charge in [0.25, 0.3) is 0 Å². The molecular weight excluding hydrogens is 448 g/mol. The quantitative estimate of drug-likeness (QED) is 0.354. The summed E-state index contributed by atoms with van der Waals surface area (Å²) in [6, 6.07) is 4.47. The predicted octanol–water partition coefficient (Wildman–Crippen LogP) is 5.44. The highest BCUT2D eigenvalue weighted by Crippen LogP contribution is 2.40. The minimum absolute atomic E-state index is 0. The van der Waals surface area contributed by atoms with Crippen LogP contribution < -0.4 is 10.6 Å². The summed E-state index contributed by atoms with van der Waals surface area (Å²) in [5.41, 5.74) is -2.27. The molecule has 11 heteroatoms. The maximum absolute atomic E-state index is 13.5. The minimum Gasteiger partial charge on any atom is -0.372 e. The lowest BCUT2D eigenvalue weighted by Crippen LogP contribution is -2.41. The van der Waals surface area contributed by atoms with Gasteiger partial charge in [0.2, 0.25) is 0 Å². The van der Waals surface area contributed by atoms with Gasteiger partial charge in [0.05, 0.1) is 11.1 Å². The lowest BCUT2D eigenvalue weighted by atomic mass is 9.87. The van der Waals surface area contributed by atoms with Gasteiger partial charge in [-0.15, -0.1) is 12.4 Å². The lowest BCUT2D eigenvalue weighted by Gasteiger charge is -2.28. The molecule has 1 aromatic carbocycles. The maximum Gasteiger partial charge on any atom is 0.416 e. The molecule has 0 aliphatic heterocycles. The Morgan fingerprint density at radius 1 is 1.00 bits per heavy atom. The minimum atomic E-state index is -4.93. The Bertz CT molecular complexity index is 817. The molecule has 3 atom stereocenters. The zero-order valence-corrected chi connectivity index (χ0v) is 17.6.